The van der Waals surface area contributed by atoms with Crippen molar-refractivity contribution in [3.8, 4) is 0 Å². The molecule has 3 rings (SSSR count). The Morgan fingerprint density at radius 3 is 2.74 bits per heavy atom. The van der Waals surface area contributed by atoms with Crippen molar-refractivity contribution in [1.82, 2.24) is 19.8 Å². The van der Waals surface area contributed by atoms with E-state index < -0.39 is 0 Å². The molecule has 1 aromatic carbocycles. The van der Waals surface area contributed by atoms with Crippen LogP contribution in [0, 0.1) is 0 Å². The van der Waals surface area contributed by atoms with Crippen LogP contribution in [0.4, 0.5) is 5.82 Å². The normalized spacial score (nSPS) is 18.8. The molecule has 1 fully saturated rings. The minimum atomic E-state index is 0.329. The third-order valence-corrected chi connectivity index (χ3v) is 5.65. The molecule has 2 heterocycles. The van der Waals surface area contributed by atoms with Crippen LogP contribution in [0.15, 0.2) is 41.0 Å². The lowest BCUT2D eigenvalue weighted by Gasteiger charge is -2.40. The van der Waals surface area contributed by atoms with Crippen LogP contribution in [-0.4, -0.2) is 59.5 Å². The number of likely N-dealkylation sites (N-methyl/N-ethyl adjacent to an activating group) is 1. The summed E-state index contributed by atoms with van der Waals surface area (Å²) in [5.74, 6) is 2.10. The second-order valence-corrected chi connectivity index (χ2v) is 8.44. The summed E-state index contributed by atoms with van der Waals surface area (Å²) in [5, 5.41) is 3.48. The standard InChI is InChI=1S/C21H30BrN5/c1-16(2)20-24-14-18(22)21(25-20)23-10-7-11-27-13-12-26(3)15-19(27)17-8-5-4-6-9-17/h4-6,8-9,14,16,19H,7,10-13,15H2,1-3H3,(H,23,24,25). The molecule has 0 spiro atoms. The number of piperazine rings is 1. The first kappa shape index (κ1) is 20.2. The largest absolute Gasteiger partial charge is 0.369 e. The van der Waals surface area contributed by atoms with Gasteiger partial charge in [-0.25, -0.2) is 9.97 Å². The Morgan fingerprint density at radius 1 is 1.22 bits per heavy atom. The molecule has 0 bridgehead atoms. The van der Waals surface area contributed by atoms with E-state index in [1.165, 1.54) is 5.56 Å². The molecule has 1 unspecified atom stereocenters. The van der Waals surface area contributed by atoms with Crippen LogP contribution in [0.5, 0.6) is 0 Å². The van der Waals surface area contributed by atoms with E-state index in [1.807, 2.05) is 6.20 Å². The number of halogens is 1. The summed E-state index contributed by atoms with van der Waals surface area (Å²) in [6, 6.07) is 11.4. The van der Waals surface area contributed by atoms with Crippen LogP contribution in [-0.2, 0) is 0 Å². The SMILES string of the molecule is CC(C)c1ncc(Br)c(NCCCN2CCN(C)CC2c2ccccc2)n1. The molecule has 1 atom stereocenters. The molecule has 0 amide bonds. The predicted molar refractivity (Wildman–Crippen MR) is 115 cm³/mol. The van der Waals surface area contributed by atoms with E-state index in [0.29, 0.717) is 12.0 Å². The number of aromatic nitrogens is 2. The van der Waals surface area contributed by atoms with Gasteiger partial charge in [-0.05, 0) is 35.0 Å². The summed E-state index contributed by atoms with van der Waals surface area (Å²) in [4.78, 5) is 14.1. The third-order valence-electron chi connectivity index (χ3n) is 5.07. The highest BCUT2D eigenvalue weighted by Crippen LogP contribution is 2.25. The van der Waals surface area contributed by atoms with Gasteiger partial charge >= 0.3 is 0 Å². The average Bonchev–Trinajstić information content (AvgIpc) is 2.68. The van der Waals surface area contributed by atoms with Gasteiger partial charge in [-0.15, -0.1) is 0 Å². The van der Waals surface area contributed by atoms with Gasteiger partial charge in [0.25, 0.3) is 0 Å². The van der Waals surface area contributed by atoms with Gasteiger partial charge in [-0.2, -0.15) is 0 Å². The van der Waals surface area contributed by atoms with Crippen LogP contribution >= 0.6 is 15.9 Å². The van der Waals surface area contributed by atoms with E-state index in [0.717, 1.165) is 55.3 Å². The Hall–Kier alpha value is -1.50. The summed E-state index contributed by atoms with van der Waals surface area (Å²) in [5.41, 5.74) is 1.41. The molecule has 1 aliphatic heterocycles. The Bertz CT molecular complexity index is 722. The molecule has 146 valence electrons. The van der Waals surface area contributed by atoms with Gasteiger partial charge in [0.2, 0.25) is 0 Å². The van der Waals surface area contributed by atoms with Crippen molar-refractivity contribution in [3.05, 3.63) is 52.4 Å². The van der Waals surface area contributed by atoms with E-state index in [2.05, 4.69) is 92.2 Å². The Morgan fingerprint density at radius 2 is 2.00 bits per heavy atom. The summed E-state index contributed by atoms with van der Waals surface area (Å²) in [6.07, 6.45) is 2.93. The second-order valence-electron chi connectivity index (χ2n) is 7.58. The van der Waals surface area contributed by atoms with Crippen molar-refractivity contribution < 1.29 is 0 Å². The van der Waals surface area contributed by atoms with Crippen LogP contribution in [0.1, 0.15) is 43.6 Å². The molecule has 1 N–H and O–H groups in total. The smallest absolute Gasteiger partial charge is 0.144 e. The van der Waals surface area contributed by atoms with E-state index in [-0.39, 0.29) is 0 Å². The second kappa shape index (κ2) is 9.62. The molecule has 1 saturated heterocycles. The van der Waals surface area contributed by atoms with Crippen molar-refractivity contribution in [2.24, 2.45) is 0 Å². The third kappa shape index (κ3) is 5.50. The van der Waals surface area contributed by atoms with Gasteiger partial charge in [0.1, 0.15) is 11.6 Å². The first-order chi connectivity index (χ1) is 13.0. The monoisotopic (exact) mass is 431 g/mol. The molecule has 1 aromatic heterocycles. The molecule has 1 aliphatic rings. The Kier molecular flexibility index (Phi) is 7.21. The lowest BCUT2D eigenvalue weighted by molar-refractivity contribution is 0.0896. The van der Waals surface area contributed by atoms with Gasteiger partial charge in [-0.1, -0.05) is 44.2 Å². The lowest BCUT2D eigenvalue weighted by Crippen LogP contribution is -2.47. The summed E-state index contributed by atoms with van der Waals surface area (Å²) in [7, 11) is 2.22. The fraction of sp³-hybridized carbons (Fsp3) is 0.524. The number of hydrogen-bond acceptors (Lipinski definition) is 5. The molecule has 0 aliphatic carbocycles. The van der Waals surface area contributed by atoms with E-state index in [1.54, 1.807) is 0 Å². The molecule has 0 saturated carbocycles. The minimum absolute atomic E-state index is 0.329. The molecule has 2 aromatic rings. The van der Waals surface area contributed by atoms with Gasteiger partial charge in [-0.3, -0.25) is 4.90 Å². The number of rotatable bonds is 7. The molecule has 0 radical (unpaired) electrons. The summed E-state index contributed by atoms with van der Waals surface area (Å²) < 4.78 is 0.925. The summed E-state index contributed by atoms with van der Waals surface area (Å²) in [6.45, 7) is 9.55. The zero-order valence-corrected chi connectivity index (χ0v) is 18.1. The quantitative estimate of drug-likeness (QED) is 0.666. The number of benzene rings is 1. The Labute approximate surface area is 171 Å². The van der Waals surface area contributed by atoms with E-state index in [9.17, 15) is 0 Å². The predicted octanol–water partition coefficient (Wildman–Crippen LogP) is 4.15. The maximum Gasteiger partial charge on any atom is 0.144 e. The maximum atomic E-state index is 4.64. The molecular weight excluding hydrogens is 402 g/mol. The van der Waals surface area contributed by atoms with E-state index >= 15 is 0 Å². The maximum absolute atomic E-state index is 4.64. The zero-order valence-electron chi connectivity index (χ0n) is 16.5. The van der Waals surface area contributed by atoms with Crippen LogP contribution in [0.2, 0.25) is 0 Å². The highest BCUT2D eigenvalue weighted by atomic mass is 79.9. The van der Waals surface area contributed by atoms with E-state index in [4.69, 9.17) is 0 Å². The number of hydrogen-bond donors (Lipinski definition) is 1. The van der Waals surface area contributed by atoms with Crippen LogP contribution < -0.4 is 5.32 Å². The van der Waals surface area contributed by atoms with Gasteiger partial charge in [0, 0.05) is 50.9 Å². The lowest BCUT2D eigenvalue weighted by atomic mass is 10.0. The molecule has 5 nitrogen and oxygen atoms in total. The number of nitrogens with one attached hydrogen (secondary N) is 1. The first-order valence-corrected chi connectivity index (χ1v) is 10.6. The number of anilines is 1. The molecule has 6 heteroatoms. The number of nitrogens with zero attached hydrogens (tertiary/aromatic N) is 4. The first-order valence-electron chi connectivity index (χ1n) is 9.78. The molecule has 27 heavy (non-hydrogen) atoms. The molecular formula is C21H30BrN5. The fourth-order valence-electron chi connectivity index (χ4n) is 3.49. The van der Waals surface area contributed by atoms with Crippen molar-refractivity contribution in [2.45, 2.75) is 32.2 Å². The highest BCUT2D eigenvalue weighted by Gasteiger charge is 2.25. The zero-order chi connectivity index (χ0) is 19.2. The summed E-state index contributed by atoms with van der Waals surface area (Å²) >= 11 is 3.55. The fourth-order valence-corrected chi connectivity index (χ4v) is 3.82. The minimum Gasteiger partial charge on any atom is -0.369 e. The Balaban J connectivity index is 1.55. The highest BCUT2D eigenvalue weighted by molar-refractivity contribution is 9.10. The van der Waals surface area contributed by atoms with Crippen molar-refractivity contribution in [1.29, 1.82) is 0 Å². The van der Waals surface area contributed by atoms with Crippen molar-refractivity contribution in [2.75, 3.05) is 45.1 Å². The van der Waals surface area contributed by atoms with Gasteiger partial charge in [0.05, 0.1) is 4.47 Å². The van der Waals surface area contributed by atoms with Gasteiger partial charge < -0.3 is 10.2 Å². The van der Waals surface area contributed by atoms with Crippen LogP contribution in [0.3, 0.4) is 0 Å². The van der Waals surface area contributed by atoms with Crippen LogP contribution in [0.25, 0.3) is 0 Å². The van der Waals surface area contributed by atoms with Crippen molar-refractivity contribution in [3.63, 3.8) is 0 Å². The topological polar surface area (TPSA) is 44.3 Å². The van der Waals surface area contributed by atoms with Crippen molar-refractivity contribution >= 4 is 21.7 Å². The average molecular weight is 432 g/mol. The van der Waals surface area contributed by atoms with Gasteiger partial charge in [0.15, 0.2) is 0 Å².